The molecule has 3 nitrogen and oxygen atoms in total. The summed E-state index contributed by atoms with van der Waals surface area (Å²) >= 11 is 0. The van der Waals surface area contributed by atoms with Crippen molar-refractivity contribution < 1.29 is 0 Å². The molecule has 82 valence electrons. The number of rotatable bonds is 2. The molecule has 4 N–H and O–H groups in total. The number of hydrogen-bond acceptors (Lipinski definition) is 3. The summed E-state index contributed by atoms with van der Waals surface area (Å²) in [6.45, 7) is 4.43. The van der Waals surface area contributed by atoms with Gasteiger partial charge in [-0.25, -0.2) is 5.43 Å². The van der Waals surface area contributed by atoms with Crippen LogP contribution in [0.5, 0.6) is 0 Å². The fourth-order valence-corrected chi connectivity index (χ4v) is 2.27. The SMILES string of the molecule is CC(C)C1NNC(N)C1c1ccccc1. The molecule has 1 aromatic rings. The lowest BCUT2D eigenvalue weighted by Gasteiger charge is -2.24. The van der Waals surface area contributed by atoms with Crippen molar-refractivity contribution in [3.8, 4) is 0 Å². The first kappa shape index (κ1) is 10.6. The van der Waals surface area contributed by atoms with Gasteiger partial charge in [0.25, 0.3) is 0 Å². The van der Waals surface area contributed by atoms with E-state index < -0.39 is 0 Å². The third-order valence-electron chi connectivity index (χ3n) is 3.09. The highest BCUT2D eigenvalue weighted by atomic mass is 15.5. The van der Waals surface area contributed by atoms with Crippen LogP contribution in [0.2, 0.25) is 0 Å². The van der Waals surface area contributed by atoms with Gasteiger partial charge in [-0.2, -0.15) is 0 Å². The summed E-state index contributed by atoms with van der Waals surface area (Å²) in [5.41, 5.74) is 13.8. The predicted molar refractivity (Wildman–Crippen MR) is 62.1 cm³/mol. The number of hydrazine groups is 1. The molecule has 1 aromatic carbocycles. The number of hydrogen-bond donors (Lipinski definition) is 3. The van der Waals surface area contributed by atoms with Gasteiger partial charge in [0.05, 0.1) is 6.17 Å². The summed E-state index contributed by atoms with van der Waals surface area (Å²) in [4.78, 5) is 0. The zero-order valence-corrected chi connectivity index (χ0v) is 9.27. The largest absolute Gasteiger partial charge is 0.314 e. The molecule has 0 aliphatic carbocycles. The summed E-state index contributed by atoms with van der Waals surface area (Å²) in [5.74, 6) is 0.919. The number of benzene rings is 1. The maximum absolute atomic E-state index is 6.07. The summed E-state index contributed by atoms with van der Waals surface area (Å²) in [6.07, 6.45) is -0.000185. The molecule has 3 atom stereocenters. The average molecular weight is 205 g/mol. The topological polar surface area (TPSA) is 50.1 Å². The molecule has 3 unspecified atom stereocenters. The second-order valence-corrected chi connectivity index (χ2v) is 4.52. The minimum absolute atomic E-state index is 0.000185. The van der Waals surface area contributed by atoms with Gasteiger partial charge in [0.15, 0.2) is 0 Å². The van der Waals surface area contributed by atoms with E-state index in [1.165, 1.54) is 5.56 Å². The van der Waals surface area contributed by atoms with Crippen molar-refractivity contribution in [1.29, 1.82) is 0 Å². The third kappa shape index (κ3) is 2.04. The van der Waals surface area contributed by atoms with Crippen LogP contribution in [0.25, 0.3) is 0 Å². The van der Waals surface area contributed by atoms with Gasteiger partial charge in [-0.3, -0.25) is 5.43 Å². The van der Waals surface area contributed by atoms with Crippen LogP contribution in [0.15, 0.2) is 30.3 Å². The average Bonchev–Trinajstić information content (AvgIpc) is 2.61. The van der Waals surface area contributed by atoms with E-state index in [2.05, 4.69) is 49.0 Å². The van der Waals surface area contributed by atoms with Crippen LogP contribution >= 0.6 is 0 Å². The Hall–Kier alpha value is -0.900. The highest BCUT2D eigenvalue weighted by Gasteiger charge is 2.36. The van der Waals surface area contributed by atoms with Crippen LogP contribution in [-0.2, 0) is 0 Å². The van der Waals surface area contributed by atoms with Gasteiger partial charge in [-0.05, 0) is 11.5 Å². The molecule has 0 saturated carbocycles. The van der Waals surface area contributed by atoms with Crippen LogP contribution in [-0.4, -0.2) is 12.2 Å². The van der Waals surface area contributed by atoms with Crippen molar-refractivity contribution in [2.45, 2.75) is 32.0 Å². The highest BCUT2D eigenvalue weighted by Crippen LogP contribution is 2.28. The van der Waals surface area contributed by atoms with E-state index in [-0.39, 0.29) is 6.17 Å². The van der Waals surface area contributed by atoms with Gasteiger partial charge in [-0.15, -0.1) is 0 Å². The Morgan fingerprint density at radius 3 is 2.40 bits per heavy atom. The van der Waals surface area contributed by atoms with Crippen molar-refractivity contribution in [2.75, 3.05) is 0 Å². The van der Waals surface area contributed by atoms with Crippen LogP contribution in [0.3, 0.4) is 0 Å². The fourth-order valence-electron chi connectivity index (χ4n) is 2.27. The van der Waals surface area contributed by atoms with E-state index in [9.17, 15) is 0 Å². The minimum atomic E-state index is -0.000185. The first-order valence-electron chi connectivity index (χ1n) is 5.51. The van der Waals surface area contributed by atoms with Crippen molar-refractivity contribution in [3.05, 3.63) is 35.9 Å². The lowest BCUT2D eigenvalue weighted by molar-refractivity contribution is 0.402. The highest BCUT2D eigenvalue weighted by molar-refractivity contribution is 5.24. The molecular formula is C12H19N3. The van der Waals surface area contributed by atoms with E-state index in [0.717, 1.165) is 0 Å². The molecule has 1 aliphatic heterocycles. The number of nitrogens with one attached hydrogen (secondary N) is 2. The van der Waals surface area contributed by atoms with Crippen molar-refractivity contribution >= 4 is 0 Å². The van der Waals surface area contributed by atoms with E-state index >= 15 is 0 Å². The molecule has 15 heavy (non-hydrogen) atoms. The molecule has 0 bridgehead atoms. The first-order valence-corrected chi connectivity index (χ1v) is 5.51. The van der Waals surface area contributed by atoms with Crippen molar-refractivity contribution in [3.63, 3.8) is 0 Å². The Labute approximate surface area is 91.0 Å². The molecule has 0 aromatic heterocycles. The second kappa shape index (κ2) is 4.31. The Balaban J connectivity index is 2.25. The van der Waals surface area contributed by atoms with Crippen LogP contribution < -0.4 is 16.6 Å². The van der Waals surface area contributed by atoms with Crippen LogP contribution in [0.1, 0.15) is 25.3 Å². The fraction of sp³-hybridized carbons (Fsp3) is 0.500. The molecule has 1 saturated heterocycles. The minimum Gasteiger partial charge on any atom is -0.314 e. The van der Waals surface area contributed by atoms with Gasteiger partial charge in [0.1, 0.15) is 0 Å². The van der Waals surface area contributed by atoms with E-state index in [0.29, 0.717) is 17.9 Å². The van der Waals surface area contributed by atoms with Crippen molar-refractivity contribution in [1.82, 2.24) is 10.9 Å². The monoisotopic (exact) mass is 205 g/mol. The molecule has 1 fully saturated rings. The van der Waals surface area contributed by atoms with E-state index in [1.807, 2.05) is 6.07 Å². The van der Waals surface area contributed by atoms with E-state index in [4.69, 9.17) is 5.73 Å². The lowest BCUT2D eigenvalue weighted by atomic mass is 9.85. The standard InChI is InChI=1S/C12H19N3/c1-8(2)11-10(12(13)15-14-11)9-6-4-3-5-7-9/h3-8,10-12,14-15H,13H2,1-2H3. The molecule has 1 heterocycles. The molecule has 2 rings (SSSR count). The molecule has 0 radical (unpaired) electrons. The normalized spacial score (nSPS) is 31.1. The molecule has 1 aliphatic rings. The maximum atomic E-state index is 6.07. The molecule has 3 heteroatoms. The summed E-state index contributed by atoms with van der Waals surface area (Å²) in [5, 5.41) is 0. The van der Waals surface area contributed by atoms with Crippen molar-refractivity contribution in [2.24, 2.45) is 11.7 Å². The zero-order valence-electron chi connectivity index (χ0n) is 9.27. The zero-order chi connectivity index (χ0) is 10.8. The Morgan fingerprint density at radius 1 is 1.13 bits per heavy atom. The van der Waals surface area contributed by atoms with Gasteiger partial charge in [0.2, 0.25) is 0 Å². The molecule has 0 spiro atoms. The maximum Gasteiger partial charge on any atom is 0.0764 e. The van der Waals surface area contributed by atoms with Gasteiger partial charge < -0.3 is 5.73 Å². The summed E-state index contributed by atoms with van der Waals surface area (Å²) in [7, 11) is 0. The summed E-state index contributed by atoms with van der Waals surface area (Å²) < 4.78 is 0. The Morgan fingerprint density at radius 2 is 1.80 bits per heavy atom. The predicted octanol–water partition coefficient (Wildman–Crippen LogP) is 1.19. The van der Waals surface area contributed by atoms with Gasteiger partial charge >= 0.3 is 0 Å². The van der Waals surface area contributed by atoms with Gasteiger partial charge in [0, 0.05) is 12.0 Å². The van der Waals surface area contributed by atoms with Gasteiger partial charge in [-0.1, -0.05) is 44.2 Å². The van der Waals surface area contributed by atoms with Crippen LogP contribution in [0.4, 0.5) is 0 Å². The smallest absolute Gasteiger partial charge is 0.0764 e. The first-order chi connectivity index (χ1) is 7.20. The molecule has 0 amide bonds. The number of nitrogens with two attached hydrogens (primary N) is 1. The quantitative estimate of drug-likeness (QED) is 0.679. The Bertz CT molecular complexity index is 310. The molecular weight excluding hydrogens is 186 g/mol. The summed E-state index contributed by atoms with van der Waals surface area (Å²) in [6, 6.07) is 10.9. The second-order valence-electron chi connectivity index (χ2n) is 4.52. The lowest BCUT2D eigenvalue weighted by Crippen LogP contribution is -2.38. The van der Waals surface area contributed by atoms with Crippen LogP contribution in [0, 0.1) is 5.92 Å². The third-order valence-corrected chi connectivity index (χ3v) is 3.09. The van der Waals surface area contributed by atoms with E-state index in [1.54, 1.807) is 0 Å². The Kier molecular flexibility index (Phi) is 3.05.